The first-order valence-corrected chi connectivity index (χ1v) is 10.3. The molecule has 0 radical (unpaired) electrons. The predicted octanol–water partition coefficient (Wildman–Crippen LogP) is 4.37. The van der Waals surface area contributed by atoms with Gasteiger partial charge in [-0.3, -0.25) is 4.68 Å². The van der Waals surface area contributed by atoms with Gasteiger partial charge in [0.05, 0.1) is 23.4 Å². The lowest BCUT2D eigenvalue weighted by Gasteiger charge is -2.13. The van der Waals surface area contributed by atoms with Gasteiger partial charge >= 0.3 is 0 Å². The largest absolute Gasteiger partial charge is 0.454 e. The van der Waals surface area contributed by atoms with Gasteiger partial charge in [0, 0.05) is 35.8 Å². The van der Waals surface area contributed by atoms with Gasteiger partial charge in [0.2, 0.25) is 6.79 Å². The first-order chi connectivity index (χ1) is 15.1. The van der Waals surface area contributed by atoms with Crippen molar-refractivity contribution < 1.29 is 13.9 Å². The number of benzene rings is 2. The number of nitrogens with one attached hydrogen (secondary N) is 1. The maximum atomic E-state index is 13.5. The van der Waals surface area contributed by atoms with Gasteiger partial charge in [-0.1, -0.05) is 0 Å². The summed E-state index contributed by atoms with van der Waals surface area (Å²) >= 11 is 0. The van der Waals surface area contributed by atoms with Crippen LogP contribution in [-0.2, 0) is 13.1 Å². The van der Waals surface area contributed by atoms with Crippen LogP contribution in [0.15, 0.2) is 48.5 Å². The van der Waals surface area contributed by atoms with Crippen molar-refractivity contribution in [2.24, 2.45) is 0 Å². The Kier molecular flexibility index (Phi) is 5.03. The van der Waals surface area contributed by atoms with Crippen LogP contribution in [-0.4, -0.2) is 28.1 Å². The number of pyridine rings is 1. The zero-order chi connectivity index (χ0) is 21.4. The number of nitrogens with zero attached hydrogens (tertiary/aromatic N) is 3. The number of aromatic nitrogens is 3. The van der Waals surface area contributed by atoms with Crippen LogP contribution in [0.2, 0.25) is 0 Å². The fourth-order valence-corrected chi connectivity index (χ4v) is 3.91. The van der Waals surface area contributed by atoms with E-state index in [0.29, 0.717) is 12.3 Å². The molecule has 0 saturated carbocycles. The molecule has 158 valence electrons. The average molecular weight is 418 g/mol. The van der Waals surface area contributed by atoms with E-state index in [1.54, 1.807) is 12.1 Å². The summed E-state index contributed by atoms with van der Waals surface area (Å²) in [6, 6.07) is 14.5. The number of fused-ring (bicyclic) bond motifs is 2. The number of hydrogen-bond acceptors (Lipinski definition) is 5. The lowest BCUT2D eigenvalue weighted by molar-refractivity contribution is 0.174. The maximum Gasteiger partial charge on any atom is 0.231 e. The molecule has 31 heavy (non-hydrogen) atoms. The molecule has 5 rings (SSSR count). The summed E-state index contributed by atoms with van der Waals surface area (Å²) in [4.78, 5) is 4.89. The van der Waals surface area contributed by atoms with Gasteiger partial charge < -0.3 is 14.8 Å². The average Bonchev–Trinajstić information content (AvgIpc) is 3.34. The number of rotatable bonds is 6. The van der Waals surface area contributed by atoms with Crippen molar-refractivity contribution in [2.75, 3.05) is 13.3 Å². The van der Waals surface area contributed by atoms with Crippen molar-refractivity contribution in [1.82, 2.24) is 20.1 Å². The molecule has 0 bridgehead atoms. The molecule has 1 N–H and O–H groups in total. The molecule has 7 heteroatoms. The highest BCUT2D eigenvalue weighted by Gasteiger charge is 2.17. The fraction of sp³-hybridized carbons (Fsp3) is 0.250. The summed E-state index contributed by atoms with van der Waals surface area (Å²) < 4.78 is 26.5. The molecule has 6 nitrogen and oxygen atoms in total. The Morgan fingerprint density at radius 1 is 1.03 bits per heavy atom. The van der Waals surface area contributed by atoms with E-state index in [2.05, 4.69) is 29.5 Å². The van der Waals surface area contributed by atoms with Gasteiger partial charge in [-0.15, -0.1) is 0 Å². The third kappa shape index (κ3) is 3.96. The minimum absolute atomic E-state index is 0.219. The molecule has 0 spiro atoms. The Hall–Kier alpha value is -3.45. The quantitative estimate of drug-likeness (QED) is 0.471. The van der Waals surface area contributed by atoms with Crippen LogP contribution < -0.4 is 14.8 Å². The Morgan fingerprint density at radius 2 is 1.81 bits per heavy atom. The van der Waals surface area contributed by atoms with Crippen molar-refractivity contribution in [2.45, 2.75) is 26.9 Å². The van der Waals surface area contributed by atoms with E-state index < -0.39 is 0 Å². The second-order valence-electron chi connectivity index (χ2n) is 7.73. The molecule has 0 atom stereocenters. The van der Waals surface area contributed by atoms with E-state index in [4.69, 9.17) is 14.5 Å². The third-order valence-electron chi connectivity index (χ3n) is 5.42. The molecule has 0 fully saturated rings. The number of hydrogen-bond donors (Lipinski definition) is 1. The van der Waals surface area contributed by atoms with Crippen LogP contribution >= 0.6 is 0 Å². The van der Waals surface area contributed by atoms with Gasteiger partial charge in [0.25, 0.3) is 0 Å². The summed E-state index contributed by atoms with van der Waals surface area (Å²) in [6.45, 7) is 6.46. The molecule has 1 aliphatic rings. The molecular formula is C24H23FN4O2. The first-order valence-electron chi connectivity index (χ1n) is 10.3. The summed E-state index contributed by atoms with van der Waals surface area (Å²) in [7, 11) is 0. The summed E-state index contributed by atoms with van der Waals surface area (Å²) in [5.41, 5.74) is 5.71. The highest BCUT2D eigenvalue weighted by atomic mass is 19.1. The molecule has 0 amide bonds. The molecule has 2 aromatic carbocycles. The Balaban J connectivity index is 1.44. The van der Waals surface area contributed by atoms with Crippen LogP contribution in [0.3, 0.4) is 0 Å². The third-order valence-corrected chi connectivity index (χ3v) is 5.42. The second kappa shape index (κ2) is 8.00. The zero-order valence-electron chi connectivity index (χ0n) is 17.5. The van der Waals surface area contributed by atoms with Crippen LogP contribution in [0.25, 0.3) is 22.2 Å². The SMILES string of the molecule is Cc1cc(C)n(CCNCc2cc3cc4c(cc3nc2-c2ccc(F)cc2)OCO4)n1. The lowest BCUT2D eigenvalue weighted by Crippen LogP contribution is -2.21. The highest BCUT2D eigenvalue weighted by Crippen LogP contribution is 2.37. The number of ether oxygens (including phenoxy) is 2. The second-order valence-corrected chi connectivity index (χ2v) is 7.73. The summed E-state index contributed by atoms with van der Waals surface area (Å²) in [5, 5.41) is 8.98. The monoisotopic (exact) mass is 418 g/mol. The van der Waals surface area contributed by atoms with Crippen LogP contribution in [0.4, 0.5) is 4.39 Å². The van der Waals surface area contributed by atoms with Crippen LogP contribution in [0.1, 0.15) is 17.0 Å². The summed E-state index contributed by atoms with van der Waals surface area (Å²) in [6.07, 6.45) is 0. The van der Waals surface area contributed by atoms with E-state index >= 15 is 0 Å². The van der Waals surface area contributed by atoms with Crippen LogP contribution in [0, 0.1) is 19.7 Å². The highest BCUT2D eigenvalue weighted by molar-refractivity contribution is 5.86. The smallest absolute Gasteiger partial charge is 0.231 e. The van der Waals surface area contributed by atoms with Crippen molar-refractivity contribution in [3.8, 4) is 22.8 Å². The van der Waals surface area contributed by atoms with Gasteiger partial charge in [0.15, 0.2) is 11.5 Å². The topological polar surface area (TPSA) is 61.2 Å². The van der Waals surface area contributed by atoms with E-state index in [1.807, 2.05) is 23.7 Å². The Bertz CT molecular complexity index is 1250. The normalized spacial score (nSPS) is 12.6. The van der Waals surface area contributed by atoms with Gasteiger partial charge in [-0.2, -0.15) is 5.10 Å². The molecular weight excluding hydrogens is 395 g/mol. The predicted molar refractivity (Wildman–Crippen MR) is 117 cm³/mol. The van der Waals surface area contributed by atoms with Crippen molar-refractivity contribution in [1.29, 1.82) is 0 Å². The number of aryl methyl sites for hydroxylation is 2. The molecule has 4 aromatic rings. The first kappa shape index (κ1) is 19.5. The molecule has 1 aliphatic heterocycles. The Labute approximate surface area is 179 Å². The lowest BCUT2D eigenvalue weighted by atomic mass is 10.0. The van der Waals surface area contributed by atoms with Crippen molar-refractivity contribution in [3.63, 3.8) is 0 Å². The van der Waals surface area contributed by atoms with E-state index in [9.17, 15) is 4.39 Å². The van der Waals surface area contributed by atoms with Gasteiger partial charge in [-0.05, 0) is 61.9 Å². The van der Waals surface area contributed by atoms with E-state index in [1.165, 1.54) is 12.1 Å². The van der Waals surface area contributed by atoms with Crippen LogP contribution in [0.5, 0.6) is 11.5 Å². The standard InChI is InChI=1S/C24H23FN4O2/c1-15-9-16(2)29(28-15)8-7-26-13-19-10-18-11-22-23(31-14-30-22)12-21(18)27-24(19)17-3-5-20(25)6-4-17/h3-6,9-12,26H,7-8,13-14H2,1-2H3. The Morgan fingerprint density at radius 3 is 2.55 bits per heavy atom. The molecule has 0 saturated heterocycles. The minimum atomic E-state index is -0.266. The molecule has 0 aliphatic carbocycles. The van der Waals surface area contributed by atoms with Crippen molar-refractivity contribution in [3.05, 3.63) is 71.3 Å². The minimum Gasteiger partial charge on any atom is -0.454 e. The molecule has 0 unspecified atom stereocenters. The zero-order valence-corrected chi connectivity index (χ0v) is 17.5. The molecule has 2 aromatic heterocycles. The number of halogens is 1. The van der Waals surface area contributed by atoms with Gasteiger partial charge in [-0.25, -0.2) is 9.37 Å². The fourth-order valence-electron chi connectivity index (χ4n) is 3.91. The maximum absolute atomic E-state index is 13.5. The van der Waals surface area contributed by atoms with Gasteiger partial charge in [0.1, 0.15) is 5.82 Å². The molecule has 3 heterocycles. The van der Waals surface area contributed by atoms with Crippen molar-refractivity contribution >= 4 is 10.9 Å². The van der Waals surface area contributed by atoms with E-state index in [0.717, 1.165) is 58.0 Å². The summed E-state index contributed by atoms with van der Waals surface area (Å²) in [5.74, 6) is 1.16. The van der Waals surface area contributed by atoms with E-state index in [-0.39, 0.29) is 12.6 Å².